The van der Waals surface area contributed by atoms with Gasteiger partial charge in [0.2, 0.25) is 0 Å². The zero-order valence-corrected chi connectivity index (χ0v) is 10.8. The van der Waals surface area contributed by atoms with Gasteiger partial charge in [0.1, 0.15) is 5.75 Å². The lowest BCUT2D eigenvalue weighted by molar-refractivity contribution is 0.352. The Hall–Kier alpha value is -1.62. The molecule has 18 heavy (non-hydrogen) atoms. The van der Waals surface area contributed by atoms with E-state index in [-0.39, 0.29) is 0 Å². The van der Waals surface area contributed by atoms with Crippen LogP contribution in [0.2, 0.25) is 0 Å². The lowest BCUT2D eigenvalue weighted by Gasteiger charge is -2.10. The summed E-state index contributed by atoms with van der Waals surface area (Å²) in [7, 11) is 1.67. The van der Waals surface area contributed by atoms with E-state index >= 15 is 0 Å². The summed E-state index contributed by atoms with van der Waals surface area (Å²) in [6.07, 6.45) is 3.05. The minimum atomic E-state index is 0.468. The number of rotatable bonds is 3. The summed E-state index contributed by atoms with van der Waals surface area (Å²) in [5.41, 5.74) is 0.860. The predicted octanol–water partition coefficient (Wildman–Crippen LogP) is 1.55. The number of hydrogen-bond donors (Lipinski definition) is 0. The summed E-state index contributed by atoms with van der Waals surface area (Å²) < 4.78 is 7.03. The molecular weight excluding hydrogens is 228 g/mol. The average Bonchev–Trinajstić information content (AvgIpc) is 3.03. The maximum absolute atomic E-state index is 5.20. The summed E-state index contributed by atoms with van der Waals surface area (Å²) in [5, 5.41) is 4.56. The van der Waals surface area contributed by atoms with Crippen molar-refractivity contribution in [3.63, 3.8) is 0 Å². The second-order valence-corrected chi connectivity index (χ2v) is 4.72. The molecule has 0 aromatic carbocycles. The number of pyridine rings is 1. The van der Waals surface area contributed by atoms with Gasteiger partial charge in [0.25, 0.3) is 0 Å². The monoisotopic (exact) mass is 246 g/mol. The zero-order chi connectivity index (χ0) is 12.5. The molecule has 0 amide bonds. The second-order valence-electron chi connectivity index (χ2n) is 4.72. The van der Waals surface area contributed by atoms with Crippen LogP contribution in [0.4, 0.5) is 0 Å². The molecule has 0 N–H and O–H groups in total. The van der Waals surface area contributed by atoms with Crippen LogP contribution in [0, 0.1) is 0 Å². The highest BCUT2D eigenvalue weighted by Crippen LogP contribution is 2.25. The topological polar surface area (TPSA) is 42.7 Å². The van der Waals surface area contributed by atoms with Crippen LogP contribution in [0.15, 0.2) is 18.3 Å². The average molecular weight is 246 g/mol. The number of likely N-dealkylation sites (tertiary alicyclic amines) is 1. The molecule has 3 heterocycles. The van der Waals surface area contributed by atoms with Gasteiger partial charge in [-0.15, -0.1) is 0 Å². The van der Waals surface area contributed by atoms with Crippen molar-refractivity contribution in [2.75, 3.05) is 26.7 Å². The molecule has 0 radical (unpaired) electrons. The maximum Gasteiger partial charge on any atom is 0.159 e. The molecule has 0 bridgehead atoms. The fourth-order valence-corrected chi connectivity index (χ4v) is 2.51. The Labute approximate surface area is 106 Å². The third kappa shape index (κ3) is 1.95. The first-order valence-electron chi connectivity index (χ1n) is 6.43. The lowest BCUT2D eigenvalue weighted by Crippen LogP contribution is -2.19. The van der Waals surface area contributed by atoms with Crippen LogP contribution in [0.3, 0.4) is 0 Å². The van der Waals surface area contributed by atoms with Gasteiger partial charge in [-0.2, -0.15) is 5.10 Å². The molecule has 96 valence electrons. The molecule has 0 aliphatic carbocycles. The van der Waals surface area contributed by atoms with Crippen molar-refractivity contribution in [1.82, 2.24) is 19.5 Å². The molecule has 1 unspecified atom stereocenters. The van der Waals surface area contributed by atoms with E-state index < -0.39 is 0 Å². The first kappa shape index (κ1) is 11.5. The van der Waals surface area contributed by atoms with Crippen molar-refractivity contribution in [3.8, 4) is 5.75 Å². The van der Waals surface area contributed by atoms with E-state index in [1.807, 2.05) is 22.8 Å². The third-order valence-electron chi connectivity index (χ3n) is 3.65. The standard InChI is InChI=1S/C13H18N4O/c1-3-16-6-4-10(9-16)13-14-12-8-11(18-2)5-7-17(12)15-13/h5,7-8,10H,3-4,6,9H2,1-2H3. The van der Waals surface area contributed by atoms with Crippen molar-refractivity contribution in [2.45, 2.75) is 19.3 Å². The van der Waals surface area contributed by atoms with Gasteiger partial charge in [0.05, 0.1) is 7.11 Å². The molecule has 0 saturated carbocycles. The Morgan fingerprint density at radius 2 is 2.39 bits per heavy atom. The van der Waals surface area contributed by atoms with Crippen LogP contribution < -0.4 is 4.74 Å². The number of fused-ring (bicyclic) bond motifs is 1. The normalized spacial score (nSPS) is 20.7. The maximum atomic E-state index is 5.20. The number of aromatic nitrogens is 3. The summed E-state index contributed by atoms with van der Waals surface area (Å²) in [6, 6.07) is 3.82. The largest absolute Gasteiger partial charge is 0.497 e. The van der Waals surface area contributed by atoms with Gasteiger partial charge in [-0.05, 0) is 25.6 Å². The fraction of sp³-hybridized carbons (Fsp3) is 0.538. The molecule has 5 nitrogen and oxygen atoms in total. The molecule has 3 rings (SSSR count). The van der Waals surface area contributed by atoms with Crippen molar-refractivity contribution >= 4 is 5.65 Å². The Balaban J connectivity index is 1.89. The van der Waals surface area contributed by atoms with Crippen molar-refractivity contribution < 1.29 is 4.74 Å². The van der Waals surface area contributed by atoms with Gasteiger partial charge < -0.3 is 9.64 Å². The Morgan fingerprint density at radius 3 is 3.11 bits per heavy atom. The van der Waals surface area contributed by atoms with Crippen LogP contribution in [0.5, 0.6) is 5.75 Å². The molecule has 0 spiro atoms. The Morgan fingerprint density at radius 1 is 1.50 bits per heavy atom. The van der Waals surface area contributed by atoms with Crippen LogP contribution in [-0.4, -0.2) is 46.2 Å². The number of nitrogens with zero attached hydrogens (tertiary/aromatic N) is 4. The second kappa shape index (κ2) is 4.57. The van der Waals surface area contributed by atoms with E-state index in [2.05, 4.69) is 21.9 Å². The quantitative estimate of drug-likeness (QED) is 0.824. The minimum Gasteiger partial charge on any atom is -0.497 e. The van der Waals surface area contributed by atoms with E-state index in [1.54, 1.807) is 7.11 Å². The number of hydrogen-bond acceptors (Lipinski definition) is 4. The van der Waals surface area contributed by atoms with Gasteiger partial charge >= 0.3 is 0 Å². The summed E-state index contributed by atoms with van der Waals surface area (Å²) in [6.45, 7) is 5.53. The fourth-order valence-electron chi connectivity index (χ4n) is 2.51. The van der Waals surface area contributed by atoms with E-state index in [4.69, 9.17) is 4.74 Å². The Kier molecular flexibility index (Phi) is 2.91. The molecule has 1 atom stereocenters. The van der Waals surface area contributed by atoms with Crippen molar-refractivity contribution in [3.05, 3.63) is 24.2 Å². The van der Waals surface area contributed by atoms with Gasteiger partial charge in [-0.1, -0.05) is 6.92 Å². The number of methoxy groups -OCH3 is 1. The molecular formula is C13H18N4O. The number of ether oxygens (including phenoxy) is 1. The zero-order valence-electron chi connectivity index (χ0n) is 10.8. The SMILES string of the molecule is CCN1CCC(c2nc3cc(OC)ccn3n2)C1. The molecule has 1 fully saturated rings. The third-order valence-corrected chi connectivity index (χ3v) is 3.65. The van der Waals surface area contributed by atoms with Crippen LogP contribution in [0.25, 0.3) is 5.65 Å². The summed E-state index contributed by atoms with van der Waals surface area (Å²) >= 11 is 0. The van der Waals surface area contributed by atoms with Gasteiger partial charge in [0, 0.05) is 24.7 Å². The first-order valence-corrected chi connectivity index (χ1v) is 6.43. The molecule has 2 aromatic heterocycles. The Bertz CT molecular complexity index is 551. The van der Waals surface area contributed by atoms with E-state index in [9.17, 15) is 0 Å². The minimum absolute atomic E-state index is 0.468. The van der Waals surface area contributed by atoms with Crippen molar-refractivity contribution in [2.24, 2.45) is 0 Å². The first-order chi connectivity index (χ1) is 8.80. The van der Waals surface area contributed by atoms with Crippen molar-refractivity contribution in [1.29, 1.82) is 0 Å². The highest BCUT2D eigenvalue weighted by molar-refractivity contribution is 5.43. The highest BCUT2D eigenvalue weighted by Gasteiger charge is 2.26. The van der Waals surface area contributed by atoms with Crippen LogP contribution in [-0.2, 0) is 0 Å². The molecule has 1 aliphatic heterocycles. The predicted molar refractivity (Wildman–Crippen MR) is 69.0 cm³/mol. The molecule has 2 aromatic rings. The highest BCUT2D eigenvalue weighted by atomic mass is 16.5. The summed E-state index contributed by atoms with van der Waals surface area (Å²) in [4.78, 5) is 7.06. The molecule has 1 aliphatic rings. The summed E-state index contributed by atoms with van der Waals surface area (Å²) in [5.74, 6) is 2.25. The smallest absolute Gasteiger partial charge is 0.159 e. The lowest BCUT2D eigenvalue weighted by atomic mass is 10.1. The molecule has 5 heteroatoms. The number of likely N-dealkylation sites (N-methyl/N-ethyl adjacent to an activating group) is 1. The van der Waals surface area contributed by atoms with Crippen LogP contribution >= 0.6 is 0 Å². The van der Waals surface area contributed by atoms with Gasteiger partial charge in [-0.3, -0.25) is 0 Å². The van der Waals surface area contributed by atoms with E-state index in [0.29, 0.717) is 5.92 Å². The van der Waals surface area contributed by atoms with E-state index in [0.717, 1.165) is 43.3 Å². The van der Waals surface area contributed by atoms with Gasteiger partial charge in [0.15, 0.2) is 11.5 Å². The molecule has 1 saturated heterocycles. The van der Waals surface area contributed by atoms with Crippen LogP contribution in [0.1, 0.15) is 25.1 Å². The van der Waals surface area contributed by atoms with Gasteiger partial charge in [-0.25, -0.2) is 9.50 Å². The van der Waals surface area contributed by atoms with E-state index in [1.165, 1.54) is 0 Å².